The van der Waals surface area contributed by atoms with Gasteiger partial charge in [0, 0.05) is 0 Å². The van der Waals surface area contributed by atoms with Crippen LogP contribution in [0.15, 0.2) is 48.5 Å². The van der Waals surface area contributed by atoms with Gasteiger partial charge in [0.05, 0.1) is 12.7 Å². The Kier molecular flexibility index (Phi) is 5.34. The van der Waals surface area contributed by atoms with Crippen molar-refractivity contribution in [2.45, 2.75) is 44.9 Å². The van der Waals surface area contributed by atoms with Gasteiger partial charge in [-0.05, 0) is 66.3 Å². The van der Waals surface area contributed by atoms with Crippen LogP contribution in [0, 0.1) is 5.92 Å². The van der Waals surface area contributed by atoms with Gasteiger partial charge < -0.3 is 4.74 Å². The second kappa shape index (κ2) is 7.65. The van der Waals surface area contributed by atoms with E-state index in [1.165, 1.54) is 50.3 Å². The fourth-order valence-electron chi connectivity index (χ4n) is 3.77. The smallest absolute Gasteiger partial charge is 0.337 e. The van der Waals surface area contributed by atoms with Crippen molar-refractivity contribution in [1.29, 1.82) is 0 Å². The van der Waals surface area contributed by atoms with Crippen LogP contribution >= 0.6 is 0 Å². The zero-order valence-electron chi connectivity index (χ0n) is 14.6. The summed E-state index contributed by atoms with van der Waals surface area (Å²) in [4.78, 5) is 11.5. The summed E-state index contributed by atoms with van der Waals surface area (Å²) in [5, 5.41) is 0. The first kappa shape index (κ1) is 16.8. The summed E-state index contributed by atoms with van der Waals surface area (Å²) in [7, 11) is 1.41. The first-order valence-corrected chi connectivity index (χ1v) is 9.00. The van der Waals surface area contributed by atoms with E-state index in [2.05, 4.69) is 31.2 Å². The van der Waals surface area contributed by atoms with Gasteiger partial charge in [-0.1, -0.05) is 49.7 Å². The van der Waals surface area contributed by atoms with Crippen LogP contribution in [0.3, 0.4) is 0 Å². The highest BCUT2D eigenvalue weighted by Crippen LogP contribution is 2.37. The first-order chi connectivity index (χ1) is 11.7. The van der Waals surface area contributed by atoms with E-state index in [1.807, 2.05) is 24.3 Å². The molecule has 126 valence electrons. The minimum absolute atomic E-state index is 0.292. The lowest BCUT2D eigenvalue weighted by Gasteiger charge is -2.28. The zero-order valence-corrected chi connectivity index (χ0v) is 14.6. The molecule has 0 aromatic heterocycles. The number of methoxy groups -OCH3 is 1. The van der Waals surface area contributed by atoms with Gasteiger partial charge in [-0.15, -0.1) is 0 Å². The second-order valence-corrected chi connectivity index (χ2v) is 6.82. The molecule has 0 unspecified atom stereocenters. The number of ether oxygens (including phenoxy) is 1. The number of carbonyl (C=O) groups is 1. The molecule has 0 radical (unpaired) electrons. The van der Waals surface area contributed by atoms with E-state index in [9.17, 15) is 4.79 Å². The molecule has 2 aromatic rings. The van der Waals surface area contributed by atoms with Crippen molar-refractivity contribution in [3.05, 3.63) is 59.7 Å². The van der Waals surface area contributed by atoms with Crippen LogP contribution in [-0.4, -0.2) is 13.1 Å². The van der Waals surface area contributed by atoms with Gasteiger partial charge >= 0.3 is 5.97 Å². The van der Waals surface area contributed by atoms with Crippen LogP contribution in [-0.2, 0) is 4.74 Å². The molecule has 24 heavy (non-hydrogen) atoms. The number of esters is 1. The Labute approximate surface area is 144 Å². The molecule has 0 amide bonds. The molecule has 2 aromatic carbocycles. The van der Waals surface area contributed by atoms with E-state index in [0.29, 0.717) is 5.56 Å². The summed E-state index contributed by atoms with van der Waals surface area (Å²) in [5.74, 6) is 1.37. The summed E-state index contributed by atoms with van der Waals surface area (Å²) in [6.07, 6.45) is 6.72. The molecule has 2 heteroatoms. The third-order valence-corrected chi connectivity index (χ3v) is 5.45. The summed E-state index contributed by atoms with van der Waals surface area (Å²) in [5.41, 5.74) is 4.38. The molecule has 2 nitrogen and oxygen atoms in total. The van der Waals surface area contributed by atoms with Gasteiger partial charge in [0.1, 0.15) is 0 Å². The maximum Gasteiger partial charge on any atom is 0.337 e. The first-order valence-electron chi connectivity index (χ1n) is 9.00. The minimum atomic E-state index is -0.292. The van der Waals surface area contributed by atoms with Gasteiger partial charge in [0.15, 0.2) is 0 Å². The summed E-state index contributed by atoms with van der Waals surface area (Å²) >= 11 is 0. The molecule has 1 aliphatic rings. The fraction of sp³-hybridized carbons (Fsp3) is 0.409. The van der Waals surface area contributed by atoms with Crippen LogP contribution in [0.4, 0.5) is 0 Å². The van der Waals surface area contributed by atoms with E-state index < -0.39 is 0 Å². The van der Waals surface area contributed by atoms with Crippen molar-refractivity contribution in [3.63, 3.8) is 0 Å². The molecule has 0 heterocycles. The highest BCUT2D eigenvalue weighted by molar-refractivity contribution is 5.89. The molecule has 0 N–H and O–H groups in total. The third kappa shape index (κ3) is 3.69. The van der Waals surface area contributed by atoms with Crippen molar-refractivity contribution in [2.24, 2.45) is 5.92 Å². The maximum atomic E-state index is 11.5. The molecule has 0 saturated heterocycles. The van der Waals surface area contributed by atoms with Crippen molar-refractivity contribution < 1.29 is 9.53 Å². The predicted molar refractivity (Wildman–Crippen MR) is 98.2 cm³/mol. The topological polar surface area (TPSA) is 26.3 Å². The van der Waals surface area contributed by atoms with Gasteiger partial charge in [0.2, 0.25) is 0 Å². The highest BCUT2D eigenvalue weighted by Gasteiger charge is 2.21. The van der Waals surface area contributed by atoms with Crippen LogP contribution in [0.1, 0.15) is 60.9 Å². The Morgan fingerprint density at radius 2 is 1.46 bits per heavy atom. The van der Waals surface area contributed by atoms with Crippen molar-refractivity contribution in [2.75, 3.05) is 7.11 Å². The van der Waals surface area contributed by atoms with Gasteiger partial charge in [-0.2, -0.15) is 0 Å². The molecular weight excluding hydrogens is 296 g/mol. The molecule has 3 rings (SSSR count). The van der Waals surface area contributed by atoms with E-state index >= 15 is 0 Å². The van der Waals surface area contributed by atoms with Gasteiger partial charge in [0.25, 0.3) is 0 Å². The summed E-state index contributed by atoms with van der Waals surface area (Å²) < 4.78 is 4.74. The van der Waals surface area contributed by atoms with Gasteiger partial charge in [-0.3, -0.25) is 0 Å². The van der Waals surface area contributed by atoms with Crippen molar-refractivity contribution in [1.82, 2.24) is 0 Å². The van der Waals surface area contributed by atoms with Crippen LogP contribution in [0.2, 0.25) is 0 Å². The SMILES string of the molecule is CCC1CCC(c2ccc(-c3ccc(C(=O)OC)cc3)cc2)CC1. The number of benzene rings is 2. The summed E-state index contributed by atoms with van der Waals surface area (Å²) in [6.45, 7) is 2.31. The Balaban J connectivity index is 1.69. The Hall–Kier alpha value is -2.09. The molecule has 1 aliphatic carbocycles. The van der Waals surface area contributed by atoms with E-state index in [4.69, 9.17) is 4.74 Å². The van der Waals surface area contributed by atoms with Crippen LogP contribution in [0.25, 0.3) is 11.1 Å². The monoisotopic (exact) mass is 322 g/mol. The standard InChI is InChI=1S/C22H26O2/c1-3-16-4-6-17(7-5-16)18-8-10-19(11-9-18)20-12-14-21(15-13-20)22(23)24-2/h8-17H,3-7H2,1-2H3. The van der Waals surface area contributed by atoms with E-state index in [-0.39, 0.29) is 5.97 Å². The minimum Gasteiger partial charge on any atom is -0.465 e. The lowest BCUT2D eigenvalue weighted by Crippen LogP contribution is -2.12. The lowest BCUT2D eigenvalue weighted by molar-refractivity contribution is 0.0601. The lowest BCUT2D eigenvalue weighted by atomic mass is 9.77. The molecule has 1 saturated carbocycles. The molecule has 0 atom stereocenters. The normalized spacial score (nSPS) is 20.6. The Morgan fingerprint density at radius 1 is 0.917 bits per heavy atom. The number of hydrogen-bond donors (Lipinski definition) is 0. The maximum absolute atomic E-state index is 11.5. The molecule has 0 bridgehead atoms. The number of carbonyl (C=O) groups excluding carboxylic acids is 1. The molecule has 1 fully saturated rings. The predicted octanol–water partition coefficient (Wildman–Crippen LogP) is 5.82. The van der Waals surface area contributed by atoms with Crippen LogP contribution < -0.4 is 0 Å². The van der Waals surface area contributed by atoms with Crippen molar-refractivity contribution in [3.8, 4) is 11.1 Å². The average molecular weight is 322 g/mol. The van der Waals surface area contributed by atoms with E-state index in [0.717, 1.165) is 17.4 Å². The molecular formula is C22H26O2. The Morgan fingerprint density at radius 3 is 1.96 bits per heavy atom. The third-order valence-electron chi connectivity index (χ3n) is 5.45. The van der Waals surface area contributed by atoms with Crippen molar-refractivity contribution >= 4 is 5.97 Å². The van der Waals surface area contributed by atoms with Crippen LogP contribution in [0.5, 0.6) is 0 Å². The highest BCUT2D eigenvalue weighted by atomic mass is 16.5. The largest absolute Gasteiger partial charge is 0.465 e. The quantitative estimate of drug-likeness (QED) is 0.663. The number of hydrogen-bond acceptors (Lipinski definition) is 2. The molecule has 0 spiro atoms. The average Bonchev–Trinajstić information content (AvgIpc) is 2.68. The number of rotatable bonds is 4. The fourth-order valence-corrected chi connectivity index (χ4v) is 3.77. The molecule has 0 aliphatic heterocycles. The zero-order chi connectivity index (χ0) is 16.9. The van der Waals surface area contributed by atoms with Gasteiger partial charge in [-0.25, -0.2) is 4.79 Å². The Bertz CT molecular complexity index is 662. The summed E-state index contributed by atoms with van der Waals surface area (Å²) in [6, 6.07) is 16.6. The van der Waals surface area contributed by atoms with E-state index in [1.54, 1.807) is 0 Å². The second-order valence-electron chi connectivity index (χ2n) is 6.82.